The number of fused-ring (bicyclic) bond motifs is 1. The van der Waals surface area contributed by atoms with Crippen LogP contribution in [0, 0.1) is 13.8 Å². The van der Waals surface area contributed by atoms with Gasteiger partial charge in [0, 0.05) is 37.3 Å². The maximum atomic E-state index is 12.9. The van der Waals surface area contributed by atoms with E-state index in [1.807, 2.05) is 44.2 Å². The minimum Gasteiger partial charge on any atom is -0.370 e. The SMILES string of the molecule is Cc1nc2ncnn2c(C)c1CCC(=O)N(CCC(N)=O)Cc1ccccc1. The Hall–Kier alpha value is -3.29. The first kappa shape index (κ1) is 19.5. The number of aryl methyl sites for hydroxylation is 2. The molecule has 2 amide bonds. The lowest BCUT2D eigenvalue weighted by Gasteiger charge is -2.23. The zero-order valence-electron chi connectivity index (χ0n) is 16.1. The molecule has 0 aliphatic heterocycles. The van der Waals surface area contributed by atoms with Crippen LogP contribution in [0.3, 0.4) is 0 Å². The van der Waals surface area contributed by atoms with Gasteiger partial charge in [-0.05, 0) is 31.4 Å². The molecular weight excluding hydrogens is 356 g/mol. The molecule has 3 aromatic rings. The minimum atomic E-state index is -0.418. The van der Waals surface area contributed by atoms with E-state index < -0.39 is 5.91 Å². The van der Waals surface area contributed by atoms with Gasteiger partial charge in [0.2, 0.25) is 11.8 Å². The van der Waals surface area contributed by atoms with E-state index in [1.54, 1.807) is 9.42 Å². The Morgan fingerprint density at radius 1 is 1.14 bits per heavy atom. The van der Waals surface area contributed by atoms with Crippen molar-refractivity contribution in [3.8, 4) is 0 Å². The fourth-order valence-electron chi connectivity index (χ4n) is 3.25. The lowest BCUT2D eigenvalue weighted by Crippen LogP contribution is -2.34. The van der Waals surface area contributed by atoms with Gasteiger partial charge in [0.15, 0.2) is 0 Å². The van der Waals surface area contributed by atoms with Crippen LogP contribution in [0.4, 0.5) is 0 Å². The van der Waals surface area contributed by atoms with Gasteiger partial charge in [0.25, 0.3) is 5.78 Å². The molecular formula is C20H24N6O2. The minimum absolute atomic E-state index is 0.0254. The summed E-state index contributed by atoms with van der Waals surface area (Å²) in [6.07, 6.45) is 2.47. The Morgan fingerprint density at radius 2 is 1.89 bits per heavy atom. The first-order valence-electron chi connectivity index (χ1n) is 9.21. The summed E-state index contributed by atoms with van der Waals surface area (Å²) in [6, 6.07) is 9.70. The van der Waals surface area contributed by atoms with Crippen molar-refractivity contribution in [2.75, 3.05) is 6.54 Å². The number of benzene rings is 1. The van der Waals surface area contributed by atoms with E-state index in [4.69, 9.17) is 5.73 Å². The van der Waals surface area contributed by atoms with E-state index in [-0.39, 0.29) is 12.3 Å². The monoisotopic (exact) mass is 380 g/mol. The third-order valence-electron chi connectivity index (χ3n) is 4.77. The number of hydrogen-bond donors (Lipinski definition) is 1. The van der Waals surface area contributed by atoms with Crippen molar-refractivity contribution in [2.24, 2.45) is 5.73 Å². The third-order valence-corrected chi connectivity index (χ3v) is 4.77. The van der Waals surface area contributed by atoms with Crippen molar-refractivity contribution in [1.29, 1.82) is 0 Å². The van der Waals surface area contributed by atoms with Gasteiger partial charge < -0.3 is 10.6 Å². The van der Waals surface area contributed by atoms with Crippen LogP contribution in [0.1, 0.15) is 35.4 Å². The zero-order chi connectivity index (χ0) is 20.1. The molecule has 0 aliphatic rings. The van der Waals surface area contributed by atoms with Gasteiger partial charge in [0.05, 0.1) is 0 Å². The van der Waals surface area contributed by atoms with Crippen LogP contribution in [0.5, 0.6) is 0 Å². The summed E-state index contributed by atoms with van der Waals surface area (Å²) >= 11 is 0. The second kappa shape index (κ2) is 8.60. The average molecular weight is 380 g/mol. The summed E-state index contributed by atoms with van der Waals surface area (Å²) < 4.78 is 1.68. The number of carbonyl (C=O) groups is 2. The Balaban J connectivity index is 1.73. The molecule has 0 spiro atoms. The van der Waals surface area contributed by atoms with E-state index in [9.17, 15) is 9.59 Å². The molecule has 2 N–H and O–H groups in total. The second-order valence-electron chi connectivity index (χ2n) is 6.75. The van der Waals surface area contributed by atoms with Crippen LogP contribution in [0.25, 0.3) is 5.78 Å². The summed E-state index contributed by atoms with van der Waals surface area (Å²) in [5, 5.41) is 4.18. The summed E-state index contributed by atoms with van der Waals surface area (Å²) in [5.41, 5.74) is 9.06. The van der Waals surface area contributed by atoms with Crippen molar-refractivity contribution < 1.29 is 9.59 Å². The van der Waals surface area contributed by atoms with E-state index >= 15 is 0 Å². The molecule has 0 bridgehead atoms. The lowest BCUT2D eigenvalue weighted by atomic mass is 10.1. The van der Waals surface area contributed by atoms with Crippen LogP contribution in [-0.2, 0) is 22.6 Å². The molecule has 0 fully saturated rings. The van der Waals surface area contributed by atoms with E-state index in [0.717, 1.165) is 22.5 Å². The quantitative estimate of drug-likeness (QED) is 0.638. The largest absolute Gasteiger partial charge is 0.370 e. The van der Waals surface area contributed by atoms with Gasteiger partial charge in [-0.1, -0.05) is 30.3 Å². The molecule has 0 saturated heterocycles. The predicted octanol–water partition coefficient (Wildman–Crippen LogP) is 1.58. The van der Waals surface area contributed by atoms with E-state index in [0.29, 0.717) is 31.7 Å². The molecule has 1 aromatic carbocycles. The molecule has 2 aromatic heterocycles. The Morgan fingerprint density at radius 3 is 2.61 bits per heavy atom. The fourth-order valence-corrected chi connectivity index (χ4v) is 3.25. The van der Waals surface area contributed by atoms with Gasteiger partial charge >= 0.3 is 0 Å². The van der Waals surface area contributed by atoms with Crippen LogP contribution in [-0.4, -0.2) is 42.8 Å². The number of carbonyl (C=O) groups excluding carboxylic acids is 2. The molecule has 28 heavy (non-hydrogen) atoms. The molecule has 3 rings (SSSR count). The summed E-state index contributed by atoms with van der Waals surface area (Å²) in [5.74, 6) is 0.109. The number of aromatic nitrogens is 4. The van der Waals surface area contributed by atoms with Gasteiger partial charge in [-0.2, -0.15) is 10.1 Å². The topological polar surface area (TPSA) is 106 Å². The number of nitrogens with zero attached hydrogens (tertiary/aromatic N) is 5. The highest BCUT2D eigenvalue weighted by molar-refractivity contribution is 5.78. The smallest absolute Gasteiger partial charge is 0.252 e. The van der Waals surface area contributed by atoms with Gasteiger partial charge in [0.1, 0.15) is 6.33 Å². The van der Waals surface area contributed by atoms with Crippen molar-refractivity contribution in [1.82, 2.24) is 24.5 Å². The van der Waals surface area contributed by atoms with Crippen molar-refractivity contribution in [2.45, 2.75) is 39.7 Å². The number of primary amides is 1. The van der Waals surface area contributed by atoms with Crippen LogP contribution in [0.15, 0.2) is 36.7 Å². The maximum Gasteiger partial charge on any atom is 0.252 e. The fraction of sp³-hybridized carbons (Fsp3) is 0.350. The van der Waals surface area contributed by atoms with Crippen molar-refractivity contribution >= 4 is 17.6 Å². The average Bonchev–Trinajstić information content (AvgIpc) is 3.14. The summed E-state index contributed by atoms with van der Waals surface area (Å²) in [4.78, 5) is 34.3. The molecule has 2 heterocycles. The first-order valence-corrected chi connectivity index (χ1v) is 9.21. The summed E-state index contributed by atoms with van der Waals surface area (Å²) in [7, 11) is 0. The van der Waals surface area contributed by atoms with Crippen LogP contribution < -0.4 is 5.73 Å². The molecule has 0 saturated carbocycles. The molecule has 8 nitrogen and oxygen atoms in total. The van der Waals surface area contributed by atoms with Crippen molar-refractivity contribution in [3.63, 3.8) is 0 Å². The summed E-state index contributed by atoms with van der Waals surface area (Å²) in [6.45, 7) is 4.62. The Labute approximate surface area is 163 Å². The lowest BCUT2D eigenvalue weighted by molar-refractivity contribution is -0.132. The van der Waals surface area contributed by atoms with Crippen LogP contribution >= 0.6 is 0 Å². The van der Waals surface area contributed by atoms with Gasteiger partial charge in [-0.25, -0.2) is 9.50 Å². The second-order valence-corrected chi connectivity index (χ2v) is 6.75. The maximum absolute atomic E-state index is 12.9. The standard InChI is InChI=1S/C20H24N6O2/c1-14-17(15(2)26-20(24-14)22-13-23-26)8-9-19(28)25(11-10-18(21)27)12-16-6-4-3-5-7-16/h3-7,13H,8-12H2,1-2H3,(H2,21,27). The molecule has 0 aliphatic carbocycles. The highest BCUT2D eigenvalue weighted by atomic mass is 16.2. The first-order chi connectivity index (χ1) is 13.5. The van der Waals surface area contributed by atoms with E-state index in [2.05, 4.69) is 15.1 Å². The highest BCUT2D eigenvalue weighted by Gasteiger charge is 2.17. The number of hydrogen-bond acceptors (Lipinski definition) is 5. The third kappa shape index (κ3) is 4.51. The number of nitrogens with two attached hydrogens (primary N) is 1. The zero-order valence-corrected chi connectivity index (χ0v) is 16.1. The molecule has 0 radical (unpaired) electrons. The normalized spacial score (nSPS) is 10.9. The van der Waals surface area contributed by atoms with Crippen molar-refractivity contribution in [3.05, 3.63) is 59.2 Å². The van der Waals surface area contributed by atoms with Gasteiger partial charge in [-0.15, -0.1) is 0 Å². The molecule has 146 valence electrons. The number of rotatable bonds is 8. The molecule has 0 unspecified atom stereocenters. The Kier molecular flexibility index (Phi) is 5.98. The van der Waals surface area contributed by atoms with Gasteiger partial charge in [-0.3, -0.25) is 9.59 Å². The van der Waals surface area contributed by atoms with Crippen LogP contribution in [0.2, 0.25) is 0 Å². The highest BCUT2D eigenvalue weighted by Crippen LogP contribution is 2.16. The molecule has 0 atom stereocenters. The van der Waals surface area contributed by atoms with E-state index in [1.165, 1.54) is 6.33 Å². The Bertz CT molecular complexity index is 983. The number of amides is 2. The molecule has 8 heteroatoms. The predicted molar refractivity (Wildman–Crippen MR) is 104 cm³/mol.